The van der Waals surface area contributed by atoms with Crippen LogP contribution in [0.1, 0.15) is 12.8 Å². The van der Waals surface area contributed by atoms with Crippen molar-refractivity contribution < 1.29 is 34.8 Å². The third-order valence-electron chi connectivity index (χ3n) is 4.56. The molecule has 0 aromatic rings. The predicted octanol–water partition coefficient (Wildman–Crippen LogP) is 0.0129. The van der Waals surface area contributed by atoms with Crippen molar-refractivity contribution in [2.45, 2.75) is 18.9 Å². The zero-order chi connectivity index (χ0) is 19.7. The maximum Gasteiger partial charge on any atom is 0.407 e. The fourth-order valence-electron chi connectivity index (χ4n) is 2.85. The summed E-state index contributed by atoms with van der Waals surface area (Å²) in [5.41, 5.74) is 0. The molecule has 11 heteroatoms. The molecule has 1 aliphatic rings. The van der Waals surface area contributed by atoms with Gasteiger partial charge in [-0.25, -0.2) is 14.4 Å². The van der Waals surface area contributed by atoms with Crippen LogP contribution in [0.15, 0.2) is 0 Å². The monoisotopic (exact) mass is 376 g/mol. The van der Waals surface area contributed by atoms with Crippen LogP contribution in [0.4, 0.5) is 14.4 Å². The van der Waals surface area contributed by atoms with Crippen LogP contribution in [0.3, 0.4) is 0 Å². The molecule has 0 radical (unpaired) electrons. The van der Waals surface area contributed by atoms with E-state index in [2.05, 4.69) is 0 Å². The Bertz CT molecular complexity index is 491. The number of amides is 3. The zero-order valence-electron chi connectivity index (χ0n) is 15.0. The lowest BCUT2D eigenvalue weighted by atomic mass is 10.1. The molecule has 26 heavy (non-hydrogen) atoms. The molecular formula is C15H28N4O7. The summed E-state index contributed by atoms with van der Waals surface area (Å²) in [5, 5.41) is 37.0. The standard InChI is InChI=1S/C15H28N4O7/c1-16-4-5-17(13(21)22)6-7-18(14(23)24)8-9-19(15(25)26)11-12(16)3-2-10-20/h12,20H,2-11H2,1H3,(H,21,22)(H,23,24)(H,25,26). The topological polar surface area (TPSA) is 145 Å². The van der Waals surface area contributed by atoms with Gasteiger partial charge in [-0.2, -0.15) is 0 Å². The van der Waals surface area contributed by atoms with Gasteiger partial charge in [0.1, 0.15) is 0 Å². The van der Waals surface area contributed by atoms with Crippen LogP contribution in [0.25, 0.3) is 0 Å². The van der Waals surface area contributed by atoms with E-state index in [0.29, 0.717) is 19.4 Å². The summed E-state index contributed by atoms with van der Waals surface area (Å²) >= 11 is 0. The fourth-order valence-corrected chi connectivity index (χ4v) is 2.85. The van der Waals surface area contributed by atoms with Crippen molar-refractivity contribution in [2.75, 3.05) is 59.5 Å². The lowest BCUT2D eigenvalue weighted by Crippen LogP contribution is -2.51. The van der Waals surface area contributed by atoms with Crippen molar-refractivity contribution >= 4 is 18.3 Å². The second-order valence-corrected chi connectivity index (χ2v) is 6.27. The quantitative estimate of drug-likeness (QED) is 0.539. The Morgan fingerprint density at radius 1 is 0.808 bits per heavy atom. The molecule has 4 N–H and O–H groups in total. The summed E-state index contributed by atoms with van der Waals surface area (Å²) in [4.78, 5) is 39.5. The minimum absolute atomic E-state index is 0.00182. The van der Waals surface area contributed by atoms with Gasteiger partial charge in [0.05, 0.1) is 0 Å². The molecule has 1 atom stereocenters. The van der Waals surface area contributed by atoms with Crippen molar-refractivity contribution in [3.05, 3.63) is 0 Å². The molecule has 0 aromatic carbocycles. The summed E-state index contributed by atoms with van der Waals surface area (Å²) in [6, 6.07) is -0.202. The van der Waals surface area contributed by atoms with Gasteiger partial charge < -0.3 is 35.1 Å². The highest BCUT2D eigenvalue weighted by atomic mass is 16.4. The maximum atomic E-state index is 11.5. The molecule has 150 valence electrons. The van der Waals surface area contributed by atoms with Gasteiger partial charge in [0, 0.05) is 58.5 Å². The third kappa shape index (κ3) is 6.92. The highest BCUT2D eigenvalue weighted by Gasteiger charge is 2.25. The van der Waals surface area contributed by atoms with Gasteiger partial charge in [-0.3, -0.25) is 4.90 Å². The molecular weight excluding hydrogens is 348 g/mol. The minimum atomic E-state index is -1.22. The molecule has 1 fully saturated rings. The van der Waals surface area contributed by atoms with E-state index < -0.39 is 18.3 Å². The number of aliphatic hydroxyl groups excluding tert-OH is 1. The fraction of sp³-hybridized carbons (Fsp3) is 0.800. The highest BCUT2D eigenvalue weighted by molar-refractivity contribution is 5.67. The smallest absolute Gasteiger partial charge is 0.407 e. The van der Waals surface area contributed by atoms with E-state index in [1.807, 2.05) is 4.90 Å². The first-order chi connectivity index (χ1) is 12.3. The summed E-state index contributed by atoms with van der Waals surface area (Å²) < 4.78 is 0. The Hall–Kier alpha value is -2.27. The van der Waals surface area contributed by atoms with Gasteiger partial charge in [-0.1, -0.05) is 0 Å². The van der Waals surface area contributed by atoms with Crippen molar-refractivity contribution in [3.8, 4) is 0 Å². The summed E-state index contributed by atoms with van der Waals surface area (Å²) in [7, 11) is 1.79. The van der Waals surface area contributed by atoms with E-state index in [1.54, 1.807) is 7.05 Å². The molecule has 0 spiro atoms. The number of rotatable bonds is 3. The minimum Gasteiger partial charge on any atom is -0.465 e. The van der Waals surface area contributed by atoms with E-state index in [9.17, 15) is 29.7 Å². The van der Waals surface area contributed by atoms with Crippen molar-refractivity contribution in [2.24, 2.45) is 0 Å². The van der Waals surface area contributed by atoms with Crippen LogP contribution < -0.4 is 0 Å². The SMILES string of the molecule is CN1CCN(C(=O)O)CCN(C(=O)O)CCN(C(=O)O)CC1CCCO. The molecule has 3 amide bonds. The normalized spacial score (nSPS) is 21.0. The van der Waals surface area contributed by atoms with Gasteiger partial charge in [-0.15, -0.1) is 0 Å². The van der Waals surface area contributed by atoms with Crippen molar-refractivity contribution in [3.63, 3.8) is 0 Å². The largest absolute Gasteiger partial charge is 0.465 e. The number of hydrogen-bond acceptors (Lipinski definition) is 5. The Morgan fingerprint density at radius 3 is 1.65 bits per heavy atom. The van der Waals surface area contributed by atoms with E-state index in [0.717, 1.165) is 9.80 Å². The lowest BCUT2D eigenvalue weighted by Gasteiger charge is -2.35. The molecule has 1 unspecified atom stereocenters. The van der Waals surface area contributed by atoms with E-state index >= 15 is 0 Å². The van der Waals surface area contributed by atoms with Gasteiger partial charge in [0.2, 0.25) is 0 Å². The number of hydrogen-bond donors (Lipinski definition) is 4. The highest BCUT2D eigenvalue weighted by Crippen LogP contribution is 2.10. The second kappa shape index (κ2) is 10.7. The van der Waals surface area contributed by atoms with Crippen LogP contribution in [-0.2, 0) is 0 Å². The first-order valence-corrected chi connectivity index (χ1v) is 8.51. The Morgan fingerprint density at radius 2 is 1.23 bits per heavy atom. The Kier molecular flexibility index (Phi) is 8.93. The van der Waals surface area contributed by atoms with Gasteiger partial charge >= 0.3 is 18.3 Å². The third-order valence-corrected chi connectivity index (χ3v) is 4.56. The van der Waals surface area contributed by atoms with Crippen LogP contribution in [0.2, 0.25) is 0 Å². The van der Waals surface area contributed by atoms with E-state index in [-0.39, 0.29) is 51.9 Å². The average molecular weight is 376 g/mol. The van der Waals surface area contributed by atoms with Gasteiger partial charge in [0.25, 0.3) is 0 Å². The van der Waals surface area contributed by atoms with Crippen molar-refractivity contribution in [1.29, 1.82) is 0 Å². The predicted molar refractivity (Wildman–Crippen MR) is 91.5 cm³/mol. The lowest BCUT2D eigenvalue weighted by molar-refractivity contribution is 0.0858. The molecule has 1 aliphatic heterocycles. The van der Waals surface area contributed by atoms with Crippen LogP contribution in [0.5, 0.6) is 0 Å². The second-order valence-electron chi connectivity index (χ2n) is 6.27. The molecule has 0 saturated carbocycles. The van der Waals surface area contributed by atoms with E-state index in [4.69, 9.17) is 5.11 Å². The number of carbonyl (C=O) groups is 3. The van der Waals surface area contributed by atoms with E-state index in [1.165, 1.54) is 4.90 Å². The number of nitrogens with zero attached hydrogens (tertiary/aromatic N) is 4. The molecule has 1 saturated heterocycles. The molecule has 0 aromatic heterocycles. The van der Waals surface area contributed by atoms with Crippen LogP contribution in [0, 0.1) is 0 Å². The van der Waals surface area contributed by atoms with Crippen LogP contribution >= 0.6 is 0 Å². The summed E-state index contributed by atoms with van der Waals surface area (Å²) in [5.74, 6) is 0. The maximum absolute atomic E-state index is 11.5. The number of carboxylic acid groups (broad SMARTS) is 3. The first-order valence-electron chi connectivity index (χ1n) is 8.51. The van der Waals surface area contributed by atoms with Crippen molar-refractivity contribution in [1.82, 2.24) is 19.6 Å². The van der Waals surface area contributed by atoms with Gasteiger partial charge in [0.15, 0.2) is 0 Å². The summed E-state index contributed by atoms with van der Waals surface area (Å²) in [6.45, 7) is 0.656. The molecule has 11 nitrogen and oxygen atoms in total. The Labute approximate surface area is 152 Å². The van der Waals surface area contributed by atoms with Gasteiger partial charge in [-0.05, 0) is 19.9 Å². The first kappa shape index (κ1) is 21.8. The Balaban J connectivity index is 2.98. The molecule has 1 rings (SSSR count). The zero-order valence-corrected chi connectivity index (χ0v) is 15.0. The number of likely N-dealkylation sites (N-methyl/N-ethyl adjacent to an activating group) is 1. The van der Waals surface area contributed by atoms with Crippen LogP contribution in [-0.4, -0.2) is 124 Å². The molecule has 0 bridgehead atoms. The number of aliphatic hydroxyl groups is 1. The molecule has 0 aliphatic carbocycles. The molecule has 1 heterocycles. The average Bonchev–Trinajstić information content (AvgIpc) is 2.56. The summed E-state index contributed by atoms with van der Waals surface area (Å²) in [6.07, 6.45) is -2.44.